The van der Waals surface area contributed by atoms with E-state index in [-0.39, 0.29) is 13.3 Å². The summed E-state index contributed by atoms with van der Waals surface area (Å²) in [6.07, 6.45) is 0. The Morgan fingerprint density at radius 3 is 1.49 bits per heavy atom. The van der Waals surface area contributed by atoms with Crippen molar-refractivity contribution in [2.75, 3.05) is 20.0 Å². The van der Waals surface area contributed by atoms with E-state index < -0.39 is 11.9 Å². The van der Waals surface area contributed by atoms with Crippen LogP contribution in [-0.4, -0.2) is 46.4 Å². The van der Waals surface area contributed by atoms with E-state index in [2.05, 4.69) is 42.3 Å². The maximum absolute atomic E-state index is 11.6. The number of hydrogen-bond acceptors (Lipinski definition) is 13. The summed E-state index contributed by atoms with van der Waals surface area (Å²) >= 11 is 3.44. The van der Waals surface area contributed by atoms with E-state index in [0.29, 0.717) is 61.5 Å². The Morgan fingerprint density at radius 1 is 0.618 bits per heavy atom. The molecule has 0 aliphatic carbocycles. The number of furan rings is 2. The minimum atomic E-state index is -0.463. The van der Waals surface area contributed by atoms with Crippen LogP contribution in [0.2, 0.25) is 0 Å². The molecular weight excluding hydrogens is 770 g/mol. The average Bonchev–Trinajstić information content (AvgIpc) is 4.00. The van der Waals surface area contributed by atoms with Crippen molar-refractivity contribution in [3.8, 4) is 46.1 Å². The van der Waals surface area contributed by atoms with Crippen molar-refractivity contribution in [1.82, 2.24) is 20.3 Å². The third-order valence-corrected chi connectivity index (χ3v) is 9.47. The summed E-state index contributed by atoms with van der Waals surface area (Å²) in [5.41, 5.74) is 14.3. The fourth-order valence-corrected chi connectivity index (χ4v) is 6.37. The van der Waals surface area contributed by atoms with Gasteiger partial charge in [-0.05, 0) is 98.5 Å². The summed E-state index contributed by atoms with van der Waals surface area (Å²) in [5.74, 6) is 1.39. The first-order valence-corrected chi connectivity index (χ1v) is 17.3. The summed E-state index contributed by atoms with van der Waals surface area (Å²) in [6.45, 7) is 8.02. The minimum absolute atomic E-state index is 0. The first-order chi connectivity index (χ1) is 25.9. The Balaban J connectivity index is 0.000000184. The van der Waals surface area contributed by atoms with Crippen LogP contribution in [0, 0.1) is 27.7 Å². The molecule has 0 bridgehead atoms. The molecule has 8 aromatic rings. The lowest BCUT2D eigenvalue weighted by Gasteiger charge is -2.03. The SMILES string of the molecule is C.COC(=O)c1ccc(-c2noc(-c3cc4c(C)ccc(C)c4o3)n2)c(Br)c1.COC(=O)c1ccc(-c2noc(-c3cc4c(C)ccc(C)c4o3)n2)c(N)c1. The third kappa shape index (κ3) is 7.36. The summed E-state index contributed by atoms with van der Waals surface area (Å²) < 4.78 is 32.7. The largest absolute Gasteiger partial charge is 0.465 e. The van der Waals surface area contributed by atoms with E-state index >= 15 is 0 Å². The number of rotatable bonds is 6. The van der Waals surface area contributed by atoms with Crippen molar-refractivity contribution in [3.05, 3.63) is 111 Å². The van der Waals surface area contributed by atoms with E-state index in [9.17, 15) is 9.59 Å². The van der Waals surface area contributed by atoms with Gasteiger partial charge in [-0.2, -0.15) is 9.97 Å². The van der Waals surface area contributed by atoms with E-state index in [1.54, 1.807) is 30.3 Å². The van der Waals surface area contributed by atoms with Gasteiger partial charge in [0, 0.05) is 32.1 Å². The van der Waals surface area contributed by atoms with Crippen LogP contribution in [0.15, 0.2) is 95.1 Å². The van der Waals surface area contributed by atoms with Crippen molar-refractivity contribution in [2.45, 2.75) is 35.1 Å². The van der Waals surface area contributed by atoms with Crippen LogP contribution in [0.3, 0.4) is 0 Å². The number of fused-ring (bicyclic) bond motifs is 2. The minimum Gasteiger partial charge on any atom is -0.465 e. The molecule has 0 amide bonds. The highest BCUT2D eigenvalue weighted by molar-refractivity contribution is 9.10. The van der Waals surface area contributed by atoms with E-state index in [0.717, 1.165) is 44.2 Å². The quantitative estimate of drug-likeness (QED) is 0.124. The van der Waals surface area contributed by atoms with E-state index in [1.807, 2.05) is 58.0 Å². The molecular formula is C41H36BrN5O8. The first kappa shape index (κ1) is 38.2. The number of carbonyl (C=O) groups is 2. The molecule has 0 radical (unpaired) electrons. The van der Waals surface area contributed by atoms with Gasteiger partial charge in [0.15, 0.2) is 11.5 Å². The molecule has 0 atom stereocenters. The van der Waals surface area contributed by atoms with Crippen molar-refractivity contribution >= 4 is 55.5 Å². The number of benzene rings is 4. The Morgan fingerprint density at radius 2 is 1.05 bits per heavy atom. The molecule has 4 heterocycles. The van der Waals surface area contributed by atoms with Crippen molar-refractivity contribution in [2.24, 2.45) is 0 Å². The lowest BCUT2D eigenvalue weighted by molar-refractivity contribution is 0.0592. The fraction of sp³-hybridized carbons (Fsp3) is 0.171. The highest BCUT2D eigenvalue weighted by atomic mass is 79.9. The van der Waals surface area contributed by atoms with E-state index in [1.165, 1.54) is 20.3 Å². The van der Waals surface area contributed by atoms with Gasteiger partial charge >= 0.3 is 11.9 Å². The number of aromatic nitrogens is 4. The molecule has 0 fully saturated rings. The third-order valence-electron chi connectivity index (χ3n) is 8.82. The smallest absolute Gasteiger partial charge is 0.337 e. The zero-order valence-electron chi connectivity index (χ0n) is 29.9. The molecule has 280 valence electrons. The maximum Gasteiger partial charge on any atom is 0.337 e. The number of nitrogen functional groups attached to an aromatic ring is 1. The van der Waals surface area contributed by atoms with Gasteiger partial charge in [0.2, 0.25) is 11.6 Å². The number of ether oxygens (including phenoxy) is 2. The topological polar surface area (TPSA) is 183 Å². The van der Waals surface area contributed by atoms with Crippen LogP contribution in [0.5, 0.6) is 0 Å². The summed E-state index contributed by atoms with van der Waals surface area (Å²) in [5, 5.41) is 10.1. The second-order valence-electron chi connectivity index (χ2n) is 12.4. The molecule has 0 aliphatic heterocycles. The molecule has 8 rings (SSSR count). The highest BCUT2D eigenvalue weighted by Gasteiger charge is 2.21. The second kappa shape index (κ2) is 15.4. The molecule has 0 aliphatic rings. The monoisotopic (exact) mass is 805 g/mol. The Labute approximate surface area is 323 Å². The molecule has 2 N–H and O–H groups in total. The van der Waals surface area contributed by atoms with Crippen LogP contribution in [0.25, 0.3) is 68.0 Å². The summed E-state index contributed by atoms with van der Waals surface area (Å²) in [6, 6.07) is 21.7. The number of nitrogens with zero attached hydrogens (tertiary/aromatic N) is 4. The Bertz CT molecular complexity index is 2460. The van der Waals surface area contributed by atoms with Crippen molar-refractivity contribution < 1.29 is 36.9 Å². The number of halogens is 1. The van der Waals surface area contributed by atoms with Gasteiger partial charge < -0.3 is 33.1 Å². The van der Waals surface area contributed by atoms with Gasteiger partial charge in [-0.1, -0.05) is 57.9 Å². The van der Waals surface area contributed by atoms with Gasteiger partial charge in [0.05, 0.1) is 25.3 Å². The summed E-state index contributed by atoms with van der Waals surface area (Å²) in [4.78, 5) is 32.1. The van der Waals surface area contributed by atoms with Crippen LogP contribution in [-0.2, 0) is 9.47 Å². The molecule has 4 aromatic carbocycles. The van der Waals surface area contributed by atoms with Gasteiger partial charge in [0.1, 0.15) is 11.2 Å². The molecule has 13 nitrogen and oxygen atoms in total. The lowest BCUT2D eigenvalue weighted by Crippen LogP contribution is -2.02. The zero-order chi connectivity index (χ0) is 38.3. The summed E-state index contributed by atoms with van der Waals surface area (Å²) in [7, 11) is 2.65. The predicted octanol–water partition coefficient (Wildman–Crippen LogP) is 10.1. The van der Waals surface area contributed by atoms with Crippen molar-refractivity contribution in [1.29, 1.82) is 0 Å². The fourth-order valence-electron chi connectivity index (χ4n) is 5.81. The molecule has 55 heavy (non-hydrogen) atoms. The standard InChI is InChI=1S/C20H15BrN2O4.C20H17N3O4.CH4/c2*1-10-4-5-11(2)17-14(10)9-16(26-17)19-22-18(23-27-19)13-7-6-12(8-15(13)21)20(24)25-3;/h4-9H,1-3H3;4-9H,21H2,1-3H3;1H4. The molecule has 4 aromatic heterocycles. The number of methoxy groups -OCH3 is 2. The first-order valence-electron chi connectivity index (χ1n) is 16.5. The highest BCUT2D eigenvalue weighted by Crippen LogP contribution is 2.35. The number of hydrogen-bond donors (Lipinski definition) is 1. The second-order valence-corrected chi connectivity index (χ2v) is 13.3. The molecule has 14 heteroatoms. The molecule has 0 spiro atoms. The van der Waals surface area contributed by atoms with Gasteiger partial charge in [0.25, 0.3) is 11.8 Å². The number of aryl methyl sites for hydroxylation is 4. The number of anilines is 1. The van der Waals surface area contributed by atoms with Crippen LogP contribution >= 0.6 is 15.9 Å². The van der Waals surface area contributed by atoms with Crippen LogP contribution < -0.4 is 5.73 Å². The van der Waals surface area contributed by atoms with Gasteiger partial charge in [-0.15, -0.1) is 0 Å². The lowest BCUT2D eigenvalue weighted by atomic mass is 10.1. The Kier molecular flexibility index (Phi) is 10.7. The molecule has 0 saturated carbocycles. The van der Waals surface area contributed by atoms with Gasteiger partial charge in [-0.25, -0.2) is 9.59 Å². The maximum atomic E-state index is 11.6. The normalized spacial score (nSPS) is 10.9. The molecule has 0 unspecified atom stereocenters. The molecule has 0 saturated heterocycles. The van der Waals surface area contributed by atoms with Crippen LogP contribution in [0.4, 0.5) is 5.69 Å². The van der Waals surface area contributed by atoms with Gasteiger partial charge in [-0.3, -0.25) is 0 Å². The van der Waals surface area contributed by atoms with Crippen molar-refractivity contribution in [3.63, 3.8) is 0 Å². The number of esters is 2. The number of carbonyl (C=O) groups excluding carboxylic acids is 2. The predicted molar refractivity (Wildman–Crippen MR) is 210 cm³/mol. The number of nitrogens with two attached hydrogens (primary N) is 1. The zero-order valence-corrected chi connectivity index (χ0v) is 31.5. The average molecular weight is 807 g/mol. The Hall–Kier alpha value is -6.54. The van der Waals surface area contributed by atoms with Crippen LogP contribution in [0.1, 0.15) is 50.4 Å². The van der Waals surface area contributed by atoms with E-state index in [4.69, 9.17) is 33.1 Å².